The van der Waals surface area contributed by atoms with Crippen LogP contribution in [-0.2, 0) is 0 Å². The third-order valence-corrected chi connectivity index (χ3v) is 2.78. The predicted molar refractivity (Wildman–Crippen MR) is 71.3 cm³/mol. The molecule has 0 spiro atoms. The van der Waals surface area contributed by atoms with Crippen LogP contribution in [0.25, 0.3) is 0 Å². The molecule has 21 heavy (non-hydrogen) atoms. The van der Waals surface area contributed by atoms with Crippen LogP contribution < -0.4 is 4.74 Å². The van der Waals surface area contributed by atoms with E-state index in [0.717, 1.165) is 6.07 Å². The summed E-state index contributed by atoms with van der Waals surface area (Å²) in [4.78, 5) is 21.2. The molecule has 0 atom stereocenters. The maximum atomic E-state index is 13.5. The molecule has 0 saturated carbocycles. The van der Waals surface area contributed by atoms with Gasteiger partial charge in [-0.25, -0.2) is 9.18 Å². The highest BCUT2D eigenvalue weighted by Gasteiger charge is 2.18. The van der Waals surface area contributed by atoms with E-state index in [1.807, 2.05) is 0 Å². The average Bonchev–Trinajstić information content (AvgIpc) is 2.37. The first-order valence-corrected chi connectivity index (χ1v) is 5.85. The van der Waals surface area contributed by atoms with E-state index in [9.17, 15) is 19.3 Å². The van der Waals surface area contributed by atoms with Gasteiger partial charge < -0.3 is 9.84 Å². The second kappa shape index (κ2) is 5.58. The van der Waals surface area contributed by atoms with Crippen LogP contribution in [-0.4, -0.2) is 16.0 Å². The van der Waals surface area contributed by atoms with Gasteiger partial charge in [-0.1, -0.05) is 6.07 Å². The zero-order chi connectivity index (χ0) is 15.6. The minimum Gasteiger partial charge on any atom is -0.477 e. The number of halogens is 1. The second-order valence-corrected chi connectivity index (χ2v) is 4.23. The molecule has 2 aromatic carbocycles. The first-order valence-electron chi connectivity index (χ1n) is 5.85. The van der Waals surface area contributed by atoms with E-state index in [0.29, 0.717) is 5.56 Å². The largest absolute Gasteiger partial charge is 0.477 e. The molecule has 0 aliphatic carbocycles. The van der Waals surface area contributed by atoms with Gasteiger partial charge in [-0.2, -0.15) is 0 Å². The van der Waals surface area contributed by atoms with Crippen LogP contribution in [0.15, 0.2) is 36.4 Å². The molecular formula is C14H10FNO5. The van der Waals surface area contributed by atoms with Gasteiger partial charge in [-0.3, -0.25) is 10.1 Å². The normalized spacial score (nSPS) is 10.2. The minimum atomic E-state index is -1.46. The SMILES string of the molecule is Cc1cc(Oc2cccc(F)c2C(=O)O)ccc1[N+](=O)[O-]. The van der Waals surface area contributed by atoms with Crippen molar-refractivity contribution in [2.24, 2.45) is 0 Å². The van der Waals surface area contributed by atoms with Crippen LogP contribution in [0.1, 0.15) is 15.9 Å². The van der Waals surface area contributed by atoms with E-state index in [1.54, 1.807) is 0 Å². The number of aromatic carboxylic acids is 1. The van der Waals surface area contributed by atoms with Crippen LogP contribution in [0.4, 0.5) is 10.1 Å². The van der Waals surface area contributed by atoms with E-state index in [2.05, 4.69) is 0 Å². The number of rotatable bonds is 4. The molecule has 0 fully saturated rings. The van der Waals surface area contributed by atoms with E-state index in [4.69, 9.17) is 9.84 Å². The lowest BCUT2D eigenvalue weighted by Crippen LogP contribution is -2.03. The van der Waals surface area contributed by atoms with E-state index in [1.165, 1.54) is 37.3 Å². The molecule has 2 rings (SSSR count). The number of hydrogen-bond donors (Lipinski definition) is 1. The van der Waals surface area contributed by atoms with Crippen molar-refractivity contribution >= 4 is 11.7 Å². The zero-order valence-corrected chi connectivity index (χ0v) is 10.9. The molecule has 1 N–H and O–H groups in total. The number of aryl methyl sites for hydroxylation is 1. The molecule has 108 valence electrons. The van der Waals surface area contributed by atoms with Gasteiger partial charge in [0, 0.05) is 11.6 Å². The number of nitro groups is 1. The Balaban J connectivity index is 2.39. The molecule has 0 saturated heterocycles. The molecule has 0 aliphatic heterocycles. The minimum absolute atomic E-state index is 0.0833. The van der Waals surface area contributed by atoms with Crippen molar-refractivity contribution in [1.29, 1.82) is 0 Å². The van der Waals surface area contributed by atoms with Gasteiger partial charge in [0.1, 0.15) is 22.9 Å². The number of hydrogen-bond acceptors (Lipinski definition) is 4. The number of nitrogens with zero attached hydrogens (tertiary/aromatic N) is 1. The second-order valence-electron chi connectivity index (χ2n) is 4.23. The zero-order valence-electron chi connectivity index (χ0n) is 10.9. The number of carboxylic acids is 1. The van der Waals surface area contributed by atoms with Crippen LogP contribution in [0, 0.1) is 22.9 Å². The molecule has 6 nitrogen and oxygen atoms in total. The fraction of sp³-hybridized carbons (Fsp3) is 0.0714. The van der Waals surface area contributed by atoms with E-state index >= 15 is 0 Å². The van der Waals surface area contributed by atoms with Crippen molar-refractivity contribution in [3.63, 3.8) is 0 Å². The Kier molecular flexibility index (Phi) is 3.84. The molecule has 0 bridgehead atoms. The number of nitro benzene ring substituents is 1. The van der Waals surface area contributed by atoms with Crippen LogP contribution in [0.2, 0.25) is 0 Å². The number of benzene rings is 2. The van der Waals surface area contributed by atoms with Crippen LogP contribution in [0.3, 0.4) is 0 Å². The van der Waals surface area contributed by atoms with Crippen LogP contribution in [0.5, 0.6) is 11.5 Å². The van der Waals surface area contributed by atoms with Crippen molar-refractivity contribution in [3.05, 3.63) is 63.5 Å². The van der Waals surface area contributed by atoms with Gasteiger partial charge in [0.05, 0.1) is 4.92 Å². The molecule has 2 aromatic rings. The number of carboxylic acid groups (broad SMARTS) is 1. The number of ether oxygens (including phenoxy) is 1. The number of carbonyl (C=O) groups is 1. The van der Waals surface area contributed by atoms with Crippen molar-refractivity contribution in [2.45, 2.75) is 6.92 Å². The lowest BCUT2D eigenvalue weighted by molar-refractivity contribution is -0.385. The van der Waals surface area contributed by atoms with Gasteiger partial charge in [0.2, 0.25) is 0 Å². The van der Waals surface area contributed by atoms with Gasteiger partial charge in [-0.05, 0) is 31.2 Å². The first-order chi connectivity index (χ1) is 9.90. The molecule has 0 unspecified atom stereocenters. The van der Waals surface area contributed by atoms with Crippen molar-refractivity contribution in [2.75, 3.05) is 0 Å². The maximum absolute atomic E-state index is 13.5. The highest BCUT2D eigenvalue weighted by atomic mass is 19.1. The standard InChI is InChI=1S/C14H10FNO5/c1-8-7-9(5-6-11(8)16(19)20)21-12-4-2-3-10(15)13(12)14(17)18/h2-7H,1H3,(H,17,18). The van der Waals surface area contributed by atoms with Crippen molar-refractivity contribution in [3.8, 4) is 11.5 Å². The molecular weight excluding hydrogens is 281 g/mol. The monoisotopic (exact) mass is 291 g/mol. The van der Waals surface area contributed by atoms with Gasteiger partial charge in [-0.15, -0.1) is 0 Å². The Hall–Kier alpha value is -2.96. The van der Waals surface area contributed by atoms with Crippen molar-refractivity contribution in [1.82, 2.24) is 0 Å². The molecule has 0 heterocycles. The summed E-state index contributed by atoms with van der Waals surface area (Å²) in [5, 5.41) is 19.7. The lowest BCUT2D eigenvalue weighted by atomic mass is 10.1. The van der Waals surface area contributed by atoms with Gasteiger partial charge >= 0.3 is 5.97 Å². The molecule has 0 aromatic heterocycles. The third kappa shape index (κ3) is 2.97. The Morgan fingerprint density at radius 2 is 2.05 bits per heavy atom. The fourth-order valence-electron chi connectivity index (χ4n) is 1.82. The molecule has 7 heteroatoms. The summed E-state index contributed by atoms with van der Waals surface area (Å²) < 4.78 is 18.8. The summed E-state index contributed by atoms with van der Waals surface area (Å²) in [5.41, 5.74) is -0.320. The highest BCUT2D eigenvalue weighted by molar-refractivity contribution is 5.91. The third-order valence-electron chi connectivity index (χ3n) is 2.78. The summed E-state index contributed by atoms with van der Waals surface area (Å²) in [6.07, 6.45) is 0. The quantitative estimate of drug-likeness (QED) is 0.687. The molecule has 0 radical (unpaired) electrons. The topological polar surface area (TPSA) is 89.7 Å². The summed E-state index contributed by atoms with van der Waals surface area (Å²) >= 11 is 0. The Labute approximate surface area is 118 Å². The summed E-state index contributed by atoms with van der Waals surface area (Å²) in [6.45, 7) is 1.52. The Morgan fingerprint density at radius 1 is 1.33 bits per heavy atom. The Bertz CT molecular complexity index is 729. The fourth-order valence-corrected chi connectivity index (χ4v) is 1.82. The molecule has 0 aliphatic rings. The first kappa shape index (κ1) is 14.4. The summed E-state index contributed by atoms with van der Waals surface area (Å²) in [5.74, 6) is -2.36. The lowest BCUT2D eigenvalue weighted by Gasteiger charge is -2.09. The van der Waals surface area contributed by atoms with E-state index in [-0.39, 0.29) is 17.2 Å². The average molecular weight is 291 g/mol. The van der Waals surface area contributed by atoms with Gasteiger partial charge in [0.15, 0.2) is 0 Å². The van der Waals surface area contributed by atoms with Gasteiger partial charge in [0.25, 0.3) is 5.69 Å². The summed E-state index contributed by atoms with van der Waals surface area (Å²) in [6, 6.07) is 7.58. The van der Waals surface area contributed by atoms with E-state index < -0.39 is 22.3 Å². The smallest absolute Gasteiger partial charge is 0.342 e. The van der Waals surface area contributed by atoms with Crippen LogP contribution >= 0.6 is 0 Å². The maximum Gasteiger partial charge on any atom is 0.342 e. The predicted octanol–water partition coefficient (Wildman–Crippen LogP) is 3.53. The highest BCUT2D eigenvalue weighted by Crippen LogP contribution is 2.30. The summed E-state index contributed by atoms with van der Waals surface area (Å²) in [7, 11) is 0. The Morgan fingerprint density at radius 3 is 2.62 bits per heavy atom. The van der Waals surface area contributed by atoms with Crippen molar-refractivity contribution < 1.29 is 24.0 Å². The molecule has 0 amide bonds.